The molecule has 0 spiro atoms. The molecule has 11 heteroatoms. The normalized spacial score (nSPS) is 17.6. The van der Waals surface area contributed by atoms with E-state index in [1.165, 1.54) is 12.1 Å². The van der Waals surface area contributed by atoms with Gasteiger partial charge in [0.15, 0.2) is 11.0 Å². The van der Waals surface area contributed by atoms with Gasteiger partial charge < -0.3 is 19.4 Å². The summed E-state index contributed by atoms with van der Waals surface area (Å²) >= 11 is 6.14. The molecule has 4 rings (SSSR count). The van der Waals surface area contributed by atoms with Crippen LogP contribution in [0.5, 0.6) is 5.75 Å². The number of fused-ring (bicyclic) bond motifs is 1. The first-order chi connectivity index (χ1) is 16.5. The summed E-state index contributed by atoms with van der Waals surface area (Å²) in [7, 11) is 0. The van der Waals surface area contributed by atoms with Gasteiger partial charge in [-0.05, 0) is 43.3 Å². The maximum atomic E-state index is 13.3. The van der Waals surface area contributed by atoms with Crippen LogP contribution < -0.4 is 10.2 Å². The number of alkyl halides is 3. The zero-order valence-corrected chi connectivity index (χ0v) is 19.0. The quantitative estimate of drug-likeness (QED) is 0.488. The molecule has 1 unspecified atom stereocenters. The lowest BCUT2D eigenvalue weighted by molar-refractivity contribution is -0.141. The minimum absolute atomic E-state index is 0.0438. The van der Waals surface area contributed by atoms with Gasteiger partial charge in [-0.2, -0.15) is 13.2 Å². The summed E-state index contributed by atoms with van der Waals surface area (Å²) in [6.45, 7) is 0.482. The predicted octanol–water partition coefficient (Wildman–Crippen LogP) is 4.28. The molecule has 7 nitrogen and oxygen atoms in total. The number of nitrogens with zero attached hydrogens (tertiary/aromatic N) is 1. The molecule has 1 aliphatic rings. The molecule has 186 valence electrons. The fourth-order valence-electron chi connectivity index (χ4n) is 4.03. The Hall–Kier alpha value is -3.08. The van der Waals surface area contributed by atoms with Crippen molar-refractivity contribution in [2.24, 2.45) is 5.92 Å². The first kappa shape index (κ1) is 25.0. The molecular formula is C24H21ClF3NO6. The number of hydrogen-bond acceptors (Lipinski definition) is 6. The average molecular weight is 512 g/mol. The fourth-order valence-corrected chi connectivity index (χ4v) is 4.25. The molecule has 3 aromatic rings. The fraction of sp³-hybridized carbons (Fsp3) is 0.333. The highest BCUT2D eigenvalue weighted by Crippen LogP contribution is 2.38. The van der Waals surface area contributed by atoms with Crippen molar-refractivity contribution < 1.29 is 37.3 Å². The van der Waals surface area contributed by atoms with Gasteiger partial charge in [-0.25, -0.2) is 0 Å². The first-order valence-electron chi connectivity index (χ1n) is 10.7. The number of β-amino-alcohol motifs (C(OH)–C–C–N with tert-alkyl or cyclic N) is 1. The van der Waals surface area contributed by atoms with E-state index in [2.05, 4.69) is 0 Å². The van der Waals surface area contributed by atoms with Gasteiger partial charge in [0.1, 0.15) is 24.2 Å². The van der Waals surface area contributed by atoms with Gasteiger partial charge in [0.05, 0.1) is 27.5 Å². The summed E-state index contributed by atoms with van der Waals surface area (Å²) in [5, 5.41) is 19.9. The standard InChI is InChI=1S/C24H21ClF3NO6/c25-18-3-1-2-16-19(31)9-21(35-22(16)18)17-5-4-14(24(26,27)28)8-20(17)34-12-15(30)11-29-7-6-13(10-29)23(32)33/h1-5,8-9,13,15,30H,6-7,10-12H2,(H,32,33)/t13-,15?/m0/s1. The number of aliphatic hydroxyl groups is 1. The van der Waals surface area contributed by atoms with Crippen LogP contribution >= 0.6 is 11.6 Å². The van der Waals surface area contributed by atoms with Crippen molar-refractivity contribution in [1.29, 1.82) is 0 Å². The lowest BCUT2D eigenvalue weighted by atomic mass is 10.1. The van der Waals surface area contributed by atoms with E-state index in [1.807, 2.05) is 0 Å². The van der Waals surface area contributed by atoms with Crippen LogP contribution in [0.25, 0.3) is 22.3 Å². The van der Waals surface area contributed by atoms with E-state index in [-0.39, 0.29) is 52.8 Å². The van der Waals surface area contributed by atoms with Gasteiger partial charge >= 0.3 is 12.1 Å². The molecule has 0 saturated carbocycles. The molecule has 1 aromatic heterocycles. The van der Waals surface area contributed by atoms with Gasteiger partial charge in [-0.3, -0.25) is 14.5 Å². The number of rotatable bonds is 7. The number of carbonyl (C=O) groups is 1. The summed E-state index contributed by atoms with van der Waals surface area (Å²) in [5.74, 6) is -1.72. The number of ether oxygens (including phenoxy) is 1. The van der Waals surface area contributed by atoms with Crippen molar-refractivity contribution in [2.75, 3.05) is 26.2 Å². The number of hydrogen-bond donors (Lipinski definition) is 2. The van der Waals surface area contributed by atoms with Crippen LogP contribution in [-0.4, -0.2) is 53.4 Å². The van der Waals surface area contributed by atoms with E-state index in [0.717, 1.165) is 24.3 Å². The second-order valence-electron chi connectivity index (χ2n) is 8.35. The third kappa shape index (κ3) is 5.61. The van der Waals surface area contributed by atoms with Gasteiger partial charge in [-0.1, -0.05) is 17.7 Å². The Morgan fingerprint density at radius 1 is 1.26 bits per heavy atom. The zero-order valence-electron chi connectivity index (χ0n) is 18.2. The van der Waals surface area contributed by atoms with Gasteiger partial charge in [0, 0.05) is 19.2 Å². The largest absolute Gasteiger partial charge is 0.490 e. The minimum atomic E-state index is -4.65. The third-order valence-corrected chi connectivity index (χ3v) is 6.10. The summed E-state index contributed by atoms with van der Waals surface area (Å²) in [5.41, 5.74) is -1.24. The molecule has 1 saturated heterocycles. The van der Waals surface area contributed by atoms with E-state index in [0.29, 0.717) is 13.0 Å². The molecule has 1 fully saturated rings. The third-order valence-electron chi connectivity index (χ3n) is 5.80. The van der Waals surface area contributed by atoms with Gasteiger partial charge in [-0.15, -0.1) is 0 Å². The van der Waals surface area contributed by atoms with Crippen molar-refractivity contribution in [1.82, 2.24) is 4.90 Å². The molecule has 1 aliphatic heterocycles. The first-order valence-corrected chi connectivity index (χ1v) is 11.1. The van der Waals surface area contributed by atoms with E-state index >= 15 is 0 Å². The van der Waals surface area contributed by atoms with Gasteiger partial charge in [0.2, 0.25) is 0 Å². The van der Waals surface area contributed by atoms with E-state index < -0.39 is 35.2 Å². The van der Waals surface area contributed by atoms with Crippen LogP contribution in [0.15, 0.2) is 51.7 Å². The molecule has 2 aromatic carbocycles. The number of carboxylic acid groups (broad SMARTS) is 1. The van der Waals surface area contributed by atoms with Crippen LogP contribution in [0.3, 0.4) is 0 Å². The van der Waals surface area contributed by atoms with Crippen molar-refractivity contribution in [2.45, 2.75) is 18.7 Å². The van der Waals surface area contributed by atoms with Crippen LogP contribution in [0.4, 0.5) is 13.2 Å². The molecule has 35 heavy (non-hydrogen) atoms. The second kappa shape index (κ2) is 9.88. The number of aliphatic carboxylic acids is 1. The average Bonchev–Trinajstić information content (AvgIpc) is 3.26. The van der Waals surface area contributed by atoms with Crippen LogP contribution in [0.2, 0.25) is 5.02 Å². The Labute approximate surface area is 202 Å². The number of likely N-dealkylation sites (tertiary alicyclic amines) is 1. The lowest BCUT2D eigenvalue weighted by Gasteiger charge is -2.21. The van der Waals surface area contributed by atoms with E-state index in [1.54, 1.807) is 11.0 Å². The second-order valence-corrected chi connectivity index (χ2v) is 8.76. The van der Waals surface area contributed by atoms with E-state index in [9.17, 15) is 27.9 Å². The molecule has 2 N–H and O–H groups in total. The highest BCUT2D eigenvalue weighted by molar-refractivity contribution is 6.34. The predicted molar refractivity (Wildman–Crippen MR) is 122 cm³/mol. The maximum Gasteiger partial charge on any atom is 0.416 e. The number of aliphatic hydroxyl groups excluding tert-OH is 1. The lowest BCUT2D eigenvalue weighted by Crippen LogP contribution is -2.34. The Morgan fingerprint density at radius 2 is 2.03 bits per heavy atom. The monoisotopic (exact) mass is 511 g/mol. The number of halogens is 4. The zero-order chi connectivity index (χ0) is 25.3. The molecule has 2 atom stereocenters. The van der Waals surface area contributed by atoms with Crippen LogP contribution in [0.1, 0.15) is 12.0 Å². The van der Waals surface area contributed by atoms with Crippen molar-refractivity contribution >= 4 is 28.5 Å². The number of para-hydroxylation sites is 1. The van der Waals surface area contributed by atoms with E-state index in [4.69, 9.17) is 25.9 Å². The van der Waals surface area contributed by atoms with Crippen LogP contribution in [-0.2, 0) is 11.0 Å². The number of carboxylic acids is 1. The minimum Gasteiger partial charge on any atom is -0.490 e. The molecule has 0 bridgehead atoms. The van der Waals surface area contributed by atoms with Crippen LogP contribution in [0, 0.1) is 5.92 Å². The van der Waals surface area contributed by atoms with Gasteiger partial charge in [0.25, 0.3) is 0 Å². The van der Waals surface area contributed by atoms with Crippen molar-refractivity contribution in [3.8, 4) is 17.1 Å². The molecule has 0 aliphatic carbocycles. The summed E-state index contributed by atoms with van der Waals surface area (Å²) in [6.07, 6.45) is -5.29. The summed E-state index contributed by atoms with van der Waals surface area (Å²) in [6, 6.07) is 8.49. The molecule has 0 radical (unpaired) electrons. The topological polar surface area (TPSA) is 100 Å². The molecule has 2 heterocycles. The molecule has 0 amide bonds. The van der Waals surface area contributed by atoms with Crippen molar-refractivity contribution in [3.63, 3.8) is 0 Å². The molecular weight excluding hydrogens is 491 g/mol. The Balaban J connectivity index is 1.61. The maximum absolute atomic E-state index is 13.3. The summed E-state index contributed by atoms with van der Waals surface area (Å²) < 4.78 is 51.4. The SMILES string of the molecule is O=C(O)[C@H]1CCN(CC(O)COc2cc(C(F)(F)F)ccc2-c2cc(=O)c3cccc(Cl)c3o2)C1. The smallest absolute Gasteiger partial charge is 0.416 e. The van der Waals surface area contributed by atoms with Crippen molar-refractivity contribution in [3.05, 3.63) is 63.3 Å². The Kier molecular flexibility index (Phi) is 7.07. The highest BCUT2D eigenvalue weighted by atomic mass is 35.5. The highest BCUT2D eigenvalue weighted by Gasteiger charge is 2.32. The Morgan fingerprint density at radius 3 is 2.71 bits per heavy atom. The summed E-state index contributed by atoms with van der Waals surface area (Å²) in [4.78, 5) is 25.4. The Bertz CT molecular complexity index is 1310. The number of benzene rings is 2.